The molecule has 1 unspecified atom stereocenters. The molecule has 1 aromatic heterocycles. The van der Waals surface area contributed by atoms with Gasteiger partial charge in [-0.15, -0.1) is 10.2 Å². The van der Waals surface area contributed by atoms with Crippen LogP contribution in [0.15, 0.2) is 30.3 Å². The Labute approximate surface area is 147 Å². The Morgan fingerprint density at radius 1 is 0.917 bits per heavy atom. The third kappa shape index (κ3) is 3.71. The lowest BCUT2D eigenvalue weighted by Gasteiger charge is -2.33. The van der Waals surface area contributed by atoms with E-state index in [0.717, 1.165) is 44.5 Å². The molecule has 0 radical (unpaired) electrons. The van der Waals surface area contributed by atoms with Crippen molar-refractivity contribution in [3.05, 3.63) is 47.5 Å². The minimum Gasteiger partial charge on any atom is -0.314 e. The van der Waals surface area contributed by atoms with Crippen molar-refractivity contribution in [3.63, 3.8) is 0 Å². The molecule has 1 heterocycles. The fraction of sp³-hybridized carbons (Fsp3) is 0.619. The van der Waals surface area contributed by atoms with Crippen LogP contribution in [-0.2, 0) is 18.4 Å². The lowest BCUT2D eigenvalue weighted by atomic mass is 9.73. The highest BCUT2D eigenvalue weighted by molar-refractivity contribution is 5.33. The second-order valence-corrected chi connectivity index (χ2v) is 6.75. The Morgan fingerprint density at radius 2 is 1.67 bits per heavy atom. The summed E-state index contributed by atoms with van der Waals surface area (Å²) in [6.07, 6.45) is 7.82. The molecule has 1 atom stereocenters. The van der Waals surface area contributed by atoms with E-state index in [9.17, 15) is 0 Å². The number of hydrogen-bond acceptors (Lipinski definition) is 2. The maximum absolute atomic E-state index is 4.74. The highest BCUT2D eigenvalue weighted by atomic mass is 15.3. The topological polar surface area (TPSA) is 30.7 Å². The molecule has 0 bridgehead atoms. The van der Waals surface area contributed by atoms with Crippen LogP contribution in [0, 0.1) is 0 Å². The van der Waals surface area contributed by atoms with Gasteiger partial charge in [-0.05, 0) is 31.2 Å². The lowest BCUT2D eigenvalue weighted by Crippen LogP contribution is -2.31. The van der Waals surface area contributed by atoms with E-state index in [1.54, 1.807) is 0 Å². The first-order valence-corrected chi connectivity index (χ1v) is 9.71. The second kappa shape index (κ2) is 9.00. The molecule has 1 aromatic carbocycles. The van der Waals surface area contributed by atoms with E-state index in [1.165, 1.54) is 24.2 Å². The number of rotatable bonds is 10. The van der Waals surface area contributed by atoms with Crippen LogP contribution in [0.5, 0.6) is 0 Å². The fourth-order valence-corrected chi connectivity index (χ4v) is 3.76. The number of aromatic nitrogens is 3. The van der Waals surface area contributed by atoms with Crippen LogP contribution in [0.3, 0.4) is 0 Å². The average Bonchev–Trinajstić information content (AvgIpc) is 3.02. The van der Waals surface area contributed by atoms with E-state index in [1.807, 2.05) is 0 Å². The number of nitrogens with zero attached hydrogens (tertiary/aromatic N) is 3. The zero-order valence-corrected chi connectivity index (χ0v) is 15.9. The number of benzene rings is 1. The monoisotopic (exact) mass is 327 g/mol. The van der Waals surface area contributed by atoms with E-state index >= 15 is 0 Å². The molecule has 0 aliphatic heterocycles. The van der Waals surface area contributed by atoms with Gasteiger partial charge in [-0.25, -0.2) is 0 Å². The van der Waals surface area contributed by atoms with Gasteiger partial charge in [0.1, 0.15) is 11.6 Å². The molecule has 132 valence electrons. The summed E-state index contributed by atoms with van der Waals surface area (Å²) >= 11 is 0. The standard InChI is InChI=1S/C21H33N3/c1-5-9-17-24-19(13-6-2)22-23-20(24)21(8-4,16-7-3)18-14-11-10-12-15-18/h10-12,14-15H,5-9,13,16-17H2,1-4H3. The predicted octanol–water partition coefficient (Wildman–Crippen LogP) is 5.53. The van der Waals surface area contributed by atoms with Crippen molar-refractivity contribution in [1.29, 1.82) is 0 Å². The summed E-state index contributed by atoms with van der Waals surface area (Å²) in [6.45, 7) is 10.1. The Kier molecular flexibility index (Phi) is 7.01. The summed E-state index contributed by atoms with van der Waals surface area (Å²) in [5.41, 5.74) is 1.35. The van der Waals surface area contributed by atoms with Gasteiger partial charge in [0.05, 0.1) is 5.41 Å². The molecule has 0 saturated carbocycles. The smallest absolute Gasteiger partial charge is 0.143 e. The molecule has 0 saturated heterocycles. The molecule has 0 amide bonds. The third-order valence-corrected chi connectivity index (χ3v) is 5.07. The lowest BCUT2D eigenvalue weighted by molar-refractivity contribution is 0.397. The molecule has 0 aliphatic rings. The predicted molar refractivity (Wildman–Crippen MR) is 101 cm³/mol. The van der Waals surface area contributed by atoms with Crippen molar-refractivity contribution in [2.24, 2.45) is 0 Å². The van der Waals surface area contributed by atoms with Crippen molar-refractivity contribution in [2.45, 2.75) is 84.6 Å². The van der Waals surface area contributed by atoms with Gasteiger partial charge >= 0.3 is 0 Å². The summed E-state index contributed by atoms with van der Waals surface area (Å²) in [4.78, 5) is 0. The molecular formula is C21H33N3. The molecule has 0 spiro atoms. The SMILES string of the molecule is CCCCn1c(CCC)nnc1C(CC)(CCC)c1ccccc1. The Hall–Kier alpha value is -1.64. The maximum Gasteiger partial charge on any atom is 0.143 e. The quantitative estimate of drug-likeness (QED) is 0.574. The Bertz CT molecular complexity index is 603. The highest BCUT2D eigenvalue weighted by Gasteiger charge is 2.37. The van der Waals surface area contributed by atoms with Crippen molar-refractivity contribution >= 4 is 0 Å². The van der Waals surface area contributed by atoms with E-state index in [4.69, 9.17) is 5.10 Å². The second-order valence-electron chi connectivity index (χ2n) is 6.75. The van der Waals surface area contributed by atoms with Crippen LogP contribution >= 0.6 is 0 Å². The summed E-state index contributed by atoms with van der Waals surface area (Å²) in [5, 5.41) is 9.33. The molecule has 2 rings (SSSR count). The van der Waals surface area contributed by atoms with Gasteiger partial charge in [0, 0.05) is 13.0 Å². The maximum atomic E-state index is 4.74. The van der Waals surface area contributed by atoms with Gasteiger partial charge in [-0.1, -0.05) is 70.9 Å². The Balaban J connectivity index is 2.57. The van der Waals surface area contributed by atoms with Crippen molar-refractivity contribution in [1.82, 2.24) is 14.8 Å². The summed E-state index contributed by atoms with van der Waals surface area (Å²) in [6, 6.07) is 10.9. The first-order chi connectivity index (χ1) is 11.7. The number of unbranched alkanes of at least 4 members (excludes halogenated alkanes) is 1. The van der Waals surface area contributed by atoms with E-state index < -0.39 is 0 Å². The zero-order chi connectivity index (χ0) is 17.4. The molecule has 24 heavy (non-hydrogen) atoms. The van der Waals surface area contributed by atoms with E-state index in [0.29, 0.717) is 0 Å². The minimum atomic E-state index is -0.0251. The van der Waals surface area contributed by atoms with Crippen molar-refractivity contribution < 1.29 is 0 Å². The number of hydrogen-bond donors (Lipinski definition) is 0. The molecule has 0 N–H and O–H groups in total. The molecule has 2 aromatic rings. The Morgan fingerprint density at radius 3 is 2.25 bits per heavy atom. The van der Waals surface area contributed by atoms with Crippen LogP contribution in [0.2, 0.25) is 0 Å². The van der Waals surface area contributed by atoms with Gasteiger partial charge in [-0.3, -0.25) is 0 Å². The van der Waals surface area contributed by atoms with Crippen LogP contribution in [0.1, 0.15) is 83.4 Å². The molecule has 0 aliphatic carbocycles. The highest BCUT2D eigenvalue weighted by Crippen LogP contribution is 2.39. The van der Waals surface area contributed by atoms with Crippen LogP contribution in [0.25, 0.3) is 0 Å². The molecule has 3 heteroatoms. The van der Waals surface area contributed by atoms with Gasteiger partial charge in [0.15, 0.2) is 0 Å². The van der Waals surface area contributed by atoms with Crippen LogP contribution in [-0.4, -0.2) is 14.8 Å². The van der Waals surface area contributed by atoms with Crippen LogP contribution < -0.4 is 0 Å². The first-order valence-electron chi connectivity index (χ1n) is 9.71. The van der Waals surface area contributed by atoms with Crippen LogP contribution in [0.4, 0.5) is 0 Å². The fourth-order valence-electron chi connectivity index (χ4n) is 3.76. The van der Waals surface area contributed by atoms with E-state index in [2.05, 4.69) is 67.7 Å². The summed E-state index contributed by atoms with van der Waals surface area (Å²) < 4.78 is 2.43. The van der Waals surface area contributed by atoms with E-state index in [-0.39, 0.29) is 5.41 Å². The number of aryl methyl sites for hydroxylation is 1. The van der Waals surface area contributed by atoms with Crippen molar-refractivity contribution in [3.8, 4) is 0 Å². The summed E-state index contributed by atoms with van der Waals surface area (Å²) in [5.74, 6) is 2.33. The first kappa shape index (κ1) is 18.7. The molecular weight excluding hydrogens is 294 g/mol. The molecule has 0 fully saturated rings. The molecule has 3 nitrogen and oxygen atoms in total. The van der Waals surface area contributed by atoms with Gasteiger partial charge in [0.25, 0.3) is 0 Å². The van der Waals surface area contributed by atoms with Crippen molar-refractivity contribution in [2.75, 3.05) is 0 Å². The minimum absolute atomic E-state index is 0.0251. The van der Waals surface area contributed by atoms with Gasteiger partial charge < -0.3 is 4.57 Å². The zero-order valence-electron chi connectivity index (χ0n) is 15.9. The largest absolute Gasteiger partial charge is 0.314 e. The third-order valence-electron chi connectivity index (χ3n) is 5.07. The van der Waals surface area contributed by atoms with Gasteiger partial charge in [-0.2, -0.15) is 0 Å². The normalized spacial score (nSPS) is 13.8. The average molecular weight is 328 g/mol. The van der Waals surface area contributed by atoms with Gasteiger partial charge in [0.2, 0.25) is 0 Å². The summed E-state index contributed by atoms with van der Waals surface area (Å²) in [7, 11) is 0.